The zero-order valence-electron chi connectivity index (χ0n) is 7.52. The Balaban J connectivity index is 2.87. The molecule has 2 heterocycles. The van der Waals surface area contributed by atoms with Crippen LogP contribution in [0.1, 0.15) is 17.1 Å². The highest BCUT2D eigenvalue weighted by atomic mass is 15.3. The fourth-order valence-electron chi connectivity index (χ4n) is 1.25. The van der Waals surface area contributed by atoms with Gasteiger partial charge in [-0.1, -0.05) is 0 Å². The van der Waals surface area contributed by atoms with E-state index in [1.807, 2.05) is 6.07 Å². The minimum absolute atomic E-state index is 0.428. The molecule has 0 atom stereocenters. The summed E-state index contributed by atoms with van der Waals surface area (Å²) < 4.78 is 1.46. The van der Waals surface area contributed by atoms with Crippen molar-refractivity contribution >= 4 is 5.65 Å². The van der Waals surface area contributed by atoms with E-state index in [1.165, 1.54) is 4.52 Å². The zero-order chi connectivity index (χ0) is 10.1. The highest BCUT2D eigenvalue weighted by molar-refractivity contribution is 5.46. The number of hydrogen-bond donors (Lipinski definition) is 0. The second kappa shape index (κ2) is 2.86. The quantitative estimate of drug-likeness (QED) is 0.568. The van der Waals surface area contributed by atoms with Gasteiger partial charge in [-0.2, -0.15) is 10.4 Å². The first-order valence-corrected chi connectivity index (χ1v) is 3.99. The van der Waals surface area contributed by atoms with Gasteiger partial charge in [-0.05, 0) is 25.0 Å². The molecule has 0 unspecified atom stereocenters. The summed E-state index contributed by atoms with van der Waals surface area (Å²) in [5.74, 6) is 2.41. The van der Waals surface area contributed by atoms with Crippen molar-refractivity contribution in [2.45, 2.75) is 6.92 Å². The Labute approximate surface area is 80.8 Å². The van der Waals surface area contributed by atoms with Crippen molar-refractivity contribution in [1.29, 1.82) is 5.26 Å². The fraction of sp³-hybridized carbons (Fsp3) is 0.100. The maximum absolute atomic E-state index is 8.87. The maximum atomic E-state index is 8.87. The van der Waals surface area contributed by atoms with E-state index in [0.29, 0.717) is 22.7 Å². The van der Waals surface area contributed by atoms with E-state index in [0.717, 1.165) is 0 Å². The normalized spacial score (nSPS) is 9.64. The Kier molecular flexibility index (Phi) is 1.69. The Morgan fingerprint density at radius 1 is 1.50 bits per heavy atom. The monoisotopic (exact) mass is 182 g/mol. The van der Waals surface area contributed by atoms with Crippen LogP contribution in [0.5, 0.6) is 0 Å². The summed E-state index contributed by atoms with van der Waals surface area (Å²) in [4.78, 5) is 4.17. The number of hydrogen-bond acceptors (Lipinski definition) is 3. The molecular formula is C10H6N4. The Morgan fingerprint density at radius 2 is 2.29 bits per heavy atom. The summed E-state index contributed by atoms with van der Waals surface area (Å²) >= 11 is 0. The number of imidazole rings is 1. The van der Waals surface area contributed by atoms with Gasteiger partial charge in [-0.25, -0.2) is 9.50 Å². The van der Waals surface area contributed by atoms with Gasteiger partial charge in [0, 0.05) is 0 Å². The summed E-state index contributed by atoms with van der Waals surface area (Å²) in [5.41, 5.74) is 2.22. The second-order valence-electron chi connectivity index (χ2n) is 2.79. The molecule has 0 aliphatic heterocycles. The predicted octanol–water partition coefficient (Wildman–Crippen LogP) is 0.891. The Hall–Kier alpha value is -2.33. The summed E-state index contributed by atoms with van der Waals surface area (Å²) in [7, 11) is 0. The lowest BCUT2D eigenvalue weighted by molar-refractivity contribution is 0.907. The van der Waals surface area contributed by atoms with Gasteiger partial charge in [-0.3, -0.25) is 0 Å². The number of rotatable bonds is 0. The predicted molar refractivity (Wildman–Crippen MR) is 50.4 cm³/mol. The van der Waals surface area contributed by atoms with Crippen LogP contribution in [-0.4, -0.2) is 14.6 Å². The van der Waals surface area contributed by atoms with Gasteiger partial charge in [0.15, 0.2) is 11.3 Å². The van der Waals surface area contributed by atoms with Crippen LogP contribution >= 0.6 is 0 Å². The molecule has 4 heteroatoms. The summed E-state index contributed by atoms with van der Waals surface area (Å²) in [6, 6.07) is 5.48. The fourth-order valence-corrected chi connectivity index (χ4v) is 1.25. The number of aromatic nitrogens is 3. The molecule has 2 rings (SSSR count). The molecule has 0 radical (unpaired) electrons. The molecule has 0 aliphatic rings. The van der Waals surface area contributed by atoms with Crippen LogP contribution in [-0.2, 0) is 0 Å². The van der Waals surface area contributed by atoms with Crippen molar-refractivity contribution < 1.29 is 0 Å². The van der Waals surface area contributed by atoms with Crippen LogP contribution in [0, 0.1) is 30.6 Å². The zero-order valence-corrected chi connectivity index (χ0v) is 7.52. The molecule has 2 aromatic heterocycles. The minimum Gasteiger partial charge on any atom is -0.231 e. The van der Waals surface area contributed by atoms with E-state index in [1.54, 1.807) is 19.1 Å². The third-order valence-corrected chi connectivity index (χ3v) is 1.91. The van der Waals surface area contributed by atoms with Crippen LogP contribution in [0.2, 0.25) is 0 Å². The first-order valence-electron chi connectivity index (χ1n) is 3.99. The number of aryl methyl sites for hydroxylation is 1. The summed E-state index contributed by atoms with van der Waals surface area (Å²) in [6.07, 6.45) is 5.21. The van der Waals surface area contributed by atoms with Gasteiger partial charge in [0.05, 0.1) is 5.69 Å². The van der Waals surface area contributed by atoms with E-state index in [2.05, 4.69) is 16.0 Å². The van der Waals surface area contributed by atoms with Crippen LogP contribution in [0.3, 0.4) is 0 Å². The molecule has 0 spiro atoms. The second-order valence-corrected chi connectivity index (χ2v) is 2.79. The first kappa shape index (κ1) is 8.28. The largest absolute Gasteiger partial charge is 0.231 e. The lowest BCUT2D eigenvalue weighted by atomic mass is 10.4. The van der Waals surface area contributed by atoms with Crippen molar-refractivity contribution in [1.82, 2.24) is 14.6 Å². The Bertz CT molecular complexity index is 580. The highest BCUT2D eigenvalue weighted by Gasteiger charge is 2.08. The maximum Gasteiger partial charge on any atom is 0.165 e. The Morgan fingerprint density at radius 3 is 2.93 bits per heavy atom. The van der Waals surface area contributed by atoms with Crippen molar-refractivity contribution in [3.8, 4) is 18.4 Å². The molecule has 0 saturated heterocycles. The average Bonchev–Trinajstić information content (AvgIpc) is 2.52. The standard InChI is InChI=1S/C10H6N4/c1-3-8-4-5-10-12-7(2)9(6-11)14(10)13-8/h1,4-5H,2H3. The van der Waals surface area contributed by atoms with Crippen LogP contribution in [0.25, 0.3) is 5.65 Å². The first-order chi connectivity index (χ1) is 6.76. The van der Waals surface area contributed by atoms with Crippen LogP contribution in [0.4, 0.5) is 0 Å². The van der Waals surface area contributed by atoms with Crippen LogP contribution < -0.4 is 0 Å². The van der Waals surface area contributed by atoms with Crippen molar-refractivity contribution in [2.75, 3.05) is 0 Å². The van der Waals surface area contributed by atoms with E-state index >= 15 is 0 Å². The van der Waals surface area contributed by atoms with Gasteiger partial charge in [0.1, 0.15) is 11.8 Å². The average molecular weight is 182 g/mol. The SMILES string of the molecule is C#Cc1ccc2nc(C)c(C#N)n2n1. The molecule has 0 saturated carbocycles. The third kappa shape index (κ3) is 1.02. The number of nitriles is 1. The molecule has 0 aromatic carbocycles. The summed E-state index contributed by atoms with van der Waals surface area (Å²) in [5, 5.41) is 12.9. The molecule has 14 heavy (non-hydrogen) atoms. The van der Waals surface area contributed by atoms with Crippen molar-refractivity contribution in [3.63, 3.8) is 0 Å². The molecule has 4 nitrogen and oxygen atoms in total. The molecule has 0 bridgehead atoms. The van der Waals surface area contributed by atoms with Gasteiger partial charge in [0.25, 0.3) is 0 Å². The van der Waals surface area contributed by atoms with Crippen molar-refractivity contribution in [3.05, 3.63) is 29.2 Å². The van der Waals surface area contributed by atoms with E-state index < -0.39 is 0 Å². The molecule has 0 fully saturated rings. The van der Waals surface area contributed by atoms with Gasteiger partial charge in [0.2, 0.25) is 0 Å². The molecule has 0 aliphatic carbocycles. The van der Waals surface area contributed by atoms with Gasteiger partial charge in [-0.15, -0.1) is 6.42 Å². The molecule has 66 valence electrons. The molecule has 0 amide bonds. The summed E-state index contributed by atoms with van der Waals surface area (Å²) in [6.45, 7) is 1.77. The number of terminal acetylenes is 1. The highest BCUT2D eigenvalue weighted by Crippen LogP contribution is 2.09. The van der Waals surface area contributed by atoms with E-state index in [4.69, 9.17) is 11.7 Å². The van der Waals surface area contributed by atoms with E-state index in [9.17, 15) is 0 Å². The van der Waals surface area contributed by atoms with Gasteiger partial charge >= 0.3 is 0 Å². The molecular weight excluding hydrogens is 176 g/mol. The lowest BCUT2D eigenvalue weighted by Crippen LogP contribution is -1.97. The minimum atomic E-state index is 0.428. The van der Waals surface area contributed by atoms with E-state index in [-0.39, 0.29) is 0 Å². The molecule has 0 N–H and O–H groups in total. The number of nitrogens with zero attached hydrogens (tertiary/aromatic N) is 4. The van der Waals surface area contributed by atoms with Crippen molar-refractivity contribution in [2.24, 2.45) is 0 Å². The van der Waals surface area contributed by atoms with Gasteiger partial charge < -0.3 is 0 Å². The number of fused-ring (bicyclic) bond motifs is 1. The topological polar surface area (TPSA) is 54.0 Å². The third-order valence-electron chi connectivity index (χ3n) is 1.91. The van der Waals surface area contributed by atoms with Crippen LogP contribution in [0.15, 0.2) is 12.1 Å². The molecule has 2 aromatic rings. The smallest absolute Gasteiger partial charge is 0.165 e. The lowest BCUT2D eigenvalue weighted by Gasteiger charge is -1.93.